The molecule has 2 N–H and O–H groups in total. The molecule has 0 saturated carbocycles. The zero-order valence-electron chi connectivity index (χ0n) is 12.0. The van der Waals surface area contributed by atoms with Gasteiger partial charge in [0.25, 0.3) is 5.91 Å². The maximum absolute atomic E-state index is 11.8. The molecule has 1 aromatic carbocycles. The van der Waals surface area contributed by atoms with E-state index >= 15 is 0 Å². The third-order valence-electron chi connectivity index (χ3n) is 3.48. The van der Waals surface area contributed by atoms with E-state index in [1.54, 1.807) is 12.1 Å². The SMILES string of the molecule is Cc1ccc(Cl)c(OCC(=O)NCC2(O)CCOCC2)c1. The lowest BCUT2D eigenvalue weighted by molar-refractivity contribution is -0.125. The molecule has 1 saturated heterocycles. The van der Waals surface area contributed by atoms with E-state index in [1.807, 2.05) is 13.0 Å². The molecule has 0 unspecified atom stereocenters. The Morgan fingerprint density at radius 3 is 2.90 bits per heavy atom. The molecule has 0 bridgehead atoms. The average Bonchev–Trinajstić information content (AvgIpc) is 2.47. The van der Waals surface area contributed by atoms with E-state index in [9.17, 15) is 9.90 Å². The van der Waals surface area contributed by atoms with Crippen LogP contribution in [0.5, 0.6) is 5.75 Å². The van der Waals surface area contributed by atoms with Crippen LogP contribution in [0.3, 0.4) is 0 Å². The summed E-state index contributed by atoms with van der Waals surface area (Å²) in [7, 11) is 0. The topological polar surface area (TPSA) is 67.8 Å². The normalized spacial score (nSPS) is 17.3. The number of hydrogen-bond acceptors (Lipinski definition) is 4. The van der Waals surface area contributed by atoms with Crippen LogP contribution in [0, 0.1) is 6.92 Å². The van der Waals surface area contributed by atoms with Gasteiger partial charge in [0.1, 0.15) is 5.75 Å². The van der Waals surface area contributed by atoms with Crippen LogP contribution in [-0.2, 0) is 9.53 Å². The van der Waals surface area contributed by atoms with Gasteiger partial charge in [-0.3, -0.25) is 4.79 Å². The van der Waals surface area contributed by atoms with Crippen LogP contribution >= 0.6 is 11.6 Å². The van der Waals surface area contributed by atoms with Crippen molar-refractivity contribution in [3.63, 3.8) is 0 Å². The van der Waals surface area contributed by atoms with Crippen molar-refractivity contribution in [1.82, 2.24) is 5.32 Å². The number of hydrogen-bond donors (Lipinski definition) is 2. The zero-order valence-corrected chi connectivity index (χ0v) is 12.8. The van der Waals surface area contributed by atoms with Crippen LogP contribution in [0.1, 0.15) is 18.4 Å². The van der Waals surface area contributed by atoms with E-state index in [-0.39, 0.29) is 19.1 Å². The minimum Gasteiger partial charge on any atom is -0.482 e. The van der Waals surface area contributed by atoms with Gasteiger partial charge in [0.15, 0.2) is 6.61 Å². The highest BCUT2D eigenvalue weighted by Gasteiger charge is 2.30. The number of rotatable bonds is 5. The predicted octanol–water partition coefficient (Wildman–Crippen LogP) is 1.68. The summed E-state index contributed by atoms with van der Waals surface area (Å²) in [6.07, 6.45) is 1.05. The first kappa shape index (κ1) is 16.1. The fourth-order valence-corrected chi connectivity index (χ4v) is 2.28. The van der Waals surface area contributed by atoms with Crippen molar-refractivity contribution in [2.24, 2.45) is 0 Å². The lowest BCUT2D eigenvalue weighted by Gasteiger charge is -2.32. The minimum absolute atomic E-state index is 0.129. The molecule has 21 heavy (non-hydrogen) atoms. The largest absolute Gasteiger partial charge is 0.482 e. The Kier molecular flexibility index (Phi) is 5.45. The van der Waals surface area contributed by atoms with Gasteiger partial charge >= 0.3 is 0 Å². The van der Waals surface area contributed by atoms with Crippen molar-refractivity contribution in [3.05, 3.63) is 28.8 Å². The highest BCUT2D eigenvalue weighted by molar-refractivity contribution is 6.32. The maximum Gasteiger partial charge on any atom is 0.258 e. The van der Waals surface area contributed by atoms with Crippen molar-refractivity contribution < 1.29 is 19.4 Å². The highest BCUT2D eigenvalue weighted by atomic mass is 35.5. The standard InChI is InChI=1S/C15H20ClNO4/c1-11-2-3-12(16)13(8-11)21-9-14(18)17-10-15(19)4-6-20-7-5-15/h2-3,8,19H,4-7,9-10H2,1H3,(H,17,18). The second-order valence-electron chi connectivity index (χ2n) is 5.34. The Bertz CT molecular complexity index is 500. The molecule has 0 spiro atoms. The molecule has 1 aliphatic heterocycles. The van der Waals surface area contributed by atoms with Crippen LogP contribution < -0.4 is 10.1 Å². The van der Waals surface area contributed by atoms with Crippen LogP contribution in [-0.4, -0.2) is 43.0 Å². The number of aryl methyl sites for hydroxylation is 1. The minimum atomic E-state index is -0.880. The second-order valence-corrected chi connectivity index (χ2v) is 5.74. The van der Waals surface area contributed by atoms with Crippen molar-refractivity contribution in [3.8, 4) is 5.75 Å². The summed E-state index contributed by atoms with van der Waals surface area (Å²) in [6.45, 7) is 3.03. The molecule has 6 heteroatoms. The smallest absolute Gasteiger partial charge is 0.258 e. The quantitative estimate of drug-likeness (QED) is 0.868. The number of carbonyl (C=O) groups is 1. The first-order valence-corrected chi connectivity index (χ1v) is 7.32. The van der Waals surface area contributed by atoms with Gasteiger partial charge in [-0.1, -0.05) is 17.7 Å². The van der Waals surface area contributed by atoms with E-state index in [0.717, 1.165) is 5.56 Å². The van der Waals surface area contributed by atoms with Gasteiger partial charge in [0, 0.05) is 32.6 Å². The highest BCUT2D eigenvalue weighted by Crippen LogP contribution is 2.25. The Labute approximate surface area is 129 Å². The Balaban J connectivity index is 1.78. The van der Waals surface area contributed by atoms with E-state index in [1.165, 1.54) is 0 Å². The lowest BCUT2D eigenvalue weighted by Crippen LogP contribution is -2.47. The summed E-state index contributed by atoms with van der Waals surface area (Å²) < 4.78 is 10.6. The van der Waals surface area contributed by atoms with Gasteiger partial charge in [-0.25, -0.2) is 0 Å². The summed E-state index contributed by atoms with van der Waals surface area (Å²) in [6, 6.07) is 5.38. The Hall–Kier alpha value is -1.30. The summed E-state index contributed by atoms with van der Waals surface area (Å²) >= 11 is 5.99. The molecular formula is C15H20ClNO4. The zero-order chi connectivity index (χ0) is 15.3. The fraction of sp³-hybridized carbons (Fsp3) is 0.533. The number of carbonyl (C=O) groups excluding carboxylic acids is 1. The first-order chi connectivity index (χ1) is 9.98. The summed E-state index contributed by atoms with van der Waals surface area (Å²) in [5.74, 6) is 0.198. The second kappa shape index (κ2) is 7.11. The van der Waals surface area contributed by atoms with Crippen LogP contribution in [0.4, 0.5) is 0 Å². The molecule has 0 aromatic heterocycles. The van der Waals surface area contributed by atoms with Gasteiger partial charge in [0.2, 0.25) is 0 Å². The summed E-state index contributed by atoms with van der Waals surface area (Å²) in [5.41, 5.74) is 0.126. The molecule has 1 fully saturated rings. The number of nitrogens with one attached hydrogen (secondary N) is 1. The van der Waals surface area contributed by atoms with E-state index in [4.69, 9.17) is 21.1 Å². The van der Waals surface area contributed by atoms with Crippen molar-refractivity contribution in [1.29, 1.82) is 0 Å². The molecule has 0 aliphatic carbocycles. The molecule has 1 amide bonds. The van der Waals surface area contributed by atoms with Crippen LogP contribution in [0.25, 0.3) is 0 Å². The average molecular weight is 314 g/mol. The molecule has 1 aliphatic rings. The third-order valence-corrected chi connectivity index (χ3v) is 3.80. The molecule has 2 rings (SSSR count). The van der Waals surface area contributed by atoms with Gasteiger partial charge in [-0.15, -0.1) is 0 Å². The number of amides is 1. The third kappa shape index (κ3) is 4.88. The number of halogens is 1. The van der Waals surface area contributed by atoms with E-state index in [0.29, 0.717) is 36.8 Å². The predicted molar refractivity (Wildman–Crippen MR) is 79.7 cm³/mol. The molecular weight excluding hydrogens is 294 g/mol. The van der Waals surface area contributed by atoms with Gasteiger partial charge in [0.05, 0.1) is 10.6 Å². The van der Waals surface area contributed by atoms with Crippen molar-refractivity contribution >= 4 is 17.5 Å². The Morgan fingerprint density at radius 2 is 2.19 bits per heavy atom. The molecule has 0 radical (unpaired) electrons. The first-order valence-electron chi connectivity index (χ1n) is 6.94. The molecule has 1 aromatic rings. The number of aliphatic hydroxyl groups is 1. The molecule has 5 nitrogen and oxygen atoms in total. The van der Waals surface area contributed by atoms with Gasteiger partial charge < -0.3 is 19.9 Å². The summed E-state index contributed by atoms with van der Waals surface area (Å²) in [4.78, 5) is 11.8. The lowest BCUT2D eigenvalue weighted by atomic mass is 9.94. The van der Waals surface area contributed by atoms with Crippen molar-refractivity contribution in [2.45, 2.75) is 25.4 Å². The molecule has 1 heterocycles. The maximum atomic E-state index is 11.8. The molecule has 116 valence electrons. The van der Waals surface area contributed by atoms with E-state index < -0.39 is 5.60 Å². The fourth-order valence-electron chi connectivity index (χ4n) is 2.11. The molecule has 0 atom stereocenters. The van der Waals surface area contributed by atoms with E-state index in [2.05, 4.69) is 5.32 Å². The van der Waals surface area contributed by atoms with Gasteiger partial charge in [-0.2, -0.15) is 0 Å². The van der Waals surface area contributed by atoms with Crippen LogP contribution in [0.2, 0.25) is 5.02 Å². The van der Waals surface area contributed by atoms with Crippen molar-refractivity contribution in [2.75, 3.05) is 26.4 Å². The Morgan fingerprint density at radius 1 is 1.48 bits per heavy atom. The monoisotopic (exact) mass is 313 g/mol. The number of benzene rings is 1. The number of ether oxygens (including phenoxy) is 2. The van der Waals surface area contributed by atoms with Crippen LogP contribution in [0.15, 0.2) is 18.2 Å². The van der Waals surface area contributed by atoms with Gasteiger partial charge in [-0.05, 0) is 24.6 Å². The summed E-state index contributed by atoms with van der Waals surface area (Å²) in [5, 5.41) is 13.4.